The molecule has 0 unspecified atom stereocenters. The third-order valence-corrected chi connectivity index (χ3v) is 7.69. The molecule has 9 heteroatoms. The summed E-state index contributed by atoms with van der Waals surface area (Å²) in [5, 5.41) is 3.93. The van der Waals surface area contributed by atoms with E-state index in [-0.39, 0.29) is 28.4 Å². The van der Waals surface area contributed by atoms with E-state index >= 15 is 0 Å². The van der Waals surface area contributed by atoms with Crippen LogP contribution in [0.4, 0.5) is 5.13 Å². The van der Waals surface area contributed by atoms with Crippen LogP contribution < -0.4 is 5.32 Å². The van der Waals surface area contributed by atoms with Gasteiger partial charge in [-0.15, -0.1) is 11.8 Å². The van der Waals surface area contributed by atoms with Crippen molar-refractivity contribution < 1.29 is 13.2 Å². The topological polar surface area (TPSA) is 76.1 Å². The smallest absolute Gasteiger partial charge is 0.236 e. The number of nitrogens with one attached hydrogen (secondary N) is 1. The van der Waals surface area contributed by atoms with Gasteiger partial charge in [0.25, 0.3) is 0 Å². The number of fused-ring (bicyclic) bond motifs is 1. The minimum absolute atomic E-state index is 0.0184. The molecule has 1 atom stereocenters. The van der Waals surface area contributed by atoms with Gasteiger partial charge in [-0.3, -0.25) is 4.79 Å². The van der Waals surface area contributed by atoms with Gasteiger partial charge in [0.15, 0.2) is 15.0 Å². The summed E-state index contributed by atoms with van der Waals surface area (Å²) in [5.41, 5.74) is 0.791. The van der Waals surface area contributed by atoms with Crippen LogP contribution in [0.2, 0.25) is 5.02 Å². The lowest BCUT2D eigenvalue weighted by atomic mass is 10.3. The largest absolute Gasteiger partial charge is 0.301 e. The Morgan fingerprint density at radius 3 is 3.05 bits per heavy atom. The fourth-order valence-corrected chi connectivity index (χ4v) is 6.79. The van der Waals surface area contributed by atoms with Crippen molar-refractivity contribution >= 4 is 65.8 Å². The zero-order valence-electron chi connectivity index (χ0n) is 11.4. The molecule has 0 spiro atoms. The number of rotatable bonds is 4. The Balaban J connectivity index is 1.57. The highest BCUT2D eigenvalue weighted by molar-refractivity contribution is 8.02. The van der Waals surface area contributed by atoms with E-state index in [1.165, 1.54) is 23.1 Å². The van der Waals surface area contributed by atoms with E-state index in [9.17, 15) is 13.2 Å². The molecule has 1 aromatic heterocycles. The van der Waals surface area contributed by atoms with Crippen LogP contribution in [0, 0.1) is 0 Å². The summed E-state index contributed by atoms with van der Waals surface area (Å²) >= 11 is 8.67. The summed E-state index contributed by atoms with van der Waals surface area (Å²) in [6.07, 6.45) is 0.625. The average Bonchev–Trinajstić information content (AvgIpc) is 2.98. The zero-order valence-corrected chi connectivity index (χ0v) is 14.6. The van der Waals surface area contributed by atoms with Gasteiger partial charge in [-0.2, -0.15) is 0 Å². The van der Waals surface area contributed by atoms with Gasteiger partial charge in [0, 0.05) is 10.3 Å². The standard InChI is InChI=1S/C13H13ClN2O3S3/c14-8-1-2-10-11(5-8)21-13(15-10)16-12(17)6-20-9-3-4-22(18,19)7-9/h1-2,5,9H,3-4,6-7H2,(H,15,16,17)/t9-/m0/s1. The Kier molecular flexibility index (Phi) is 4.63. The fourth-order valence-electron chi connectivity index (χ4n) is 2.19. The van der Waals surface area contributed by atoms with Crippen LogP contribution in [0.3, 0.4) is 0 Å². The third-order valence-electron chi connectivity index (χ3n) is 3.24. The Morgan fingerprint density at radius 2 is 2.32 bits per heavy atom. The molecule has 1 N–H and O–H groups in total. The molecule has 0 radical (unpaired) electrons. The molecule has 3 rings (SSSR count). The molecule has 5 nitrogen and oxygen atoms in total. The number of thiazole rings is 1. The maximum absolute atomic E-state index is 11.9. The van der Waals surface area contributed by atoms with E-state index in [0.29, 0.717) is 16.6 Å². The summed E-state index contributed by atoms with van der Waals surface area (Å²) in [5.74, 6) is 0.464. The number of thioether (sulfide) groups is 1. The van der Waals surface area contributed by atoms with E-state index in [4.69, 9.17) is 11.6 Å². The Hall–Kier alpha value is -0.830. The van der Waals surface area contributed by atoms with Gasteiger partial charge in [-0.1, -0.05) is 22.9 Å². The van der Waals surface area contributed by atoms with Gasteiger partial charge in [0.2, 0.25) is 5.91 Å². The number of carbonyl (C=O) groups is 1. The van der Waals surface area contributed by atoms with Crippen LogP contribution in [0.1, 0.15) is 6.42 Å². The number of halogens is 1. The van der Waals surface area contributed by atoms with Crippen LogP contribution in [0.5, 0.6) is 0 Å². The molecule has 1 aromatic carbocycles. The quantitative estimate of drug-likeness (QED) is 0.887. The van der Waals surface area contributed by atoms with Gasteiger partial charge < -0.3 is 5.32 Å². The number of nitrogens with zero attached hydrogens (tertiary/aromatic N) is 1. The Morgan fingerprint density at radius 1 is 1.50 bits per heavy atom. The van der Waals surface area contributed by atoms with Crippen LogP contribution in [0.25, 0.3) is 10.2 Å². The number of sulfone groups is 1. The Labute approximate surface area is 141 Å². The SMILES string of the molecule is O=C(CS[C@H]1CCS(=O)(=O)C1)Nc1nc2ccc(Cl)cc2s1. The molecule has 0 saturated carbocycles. The predicted molar refractivity (Wildman–Crippen MR) is 92.8 cm³/mol. The van der Waals surface area contributed by atoms with Crippen molar-refractivity contribution in [2.45, 2.75) is 11.7 Å². The first-order valence-electron chi connectivity index (χ1n) is 6.59. The Bertz CT molecular complexity index is 819. The molecule has 22 heavy (non-hydrogen) atoms. The predicted octanol–water partition coefficient (Wildman–Crippen LogP) is 2.81. The van der Waals surface area contributed by atoms with Crippen molar-refractivity contribution in [1.82, 2.24) is 4.98 Å². The summed E-state index contributed by atoms with van der Waals surface area (Å²) in [6.45, 7) is 0. The molecule has 0 aliphatic carbocycles. The van der Waals surface area contributed by atoms with E-state index < -0.39 is 9.84 Å². The van der Waals surface area contributed by atoms with Gasteiger partial charge in [0.1, 0.15) is 0 Å². The van der Waals surface area contributed by atoms with E-state index in [1.54, 1.807) is 6.07 Å². The number of anilines is 1. The first-order chi connectivity index (χ1) is 10.4. The van der Waals surface area contributed by atoms with Gasteiger partial charge in [-0.05, 0) is 24.6 Å². The van der Waals surface area contributed by atoms with Crippen molar-refractivity contribution in [1.29, 1.82) is 0 Å². The highest BCUT2D eigenvalue weighted by atomic mass is 35.5. The number of benzene rings is 1. The monoisotopic (exact) mass is 376 g/mol. The lowest BCUT2D eigenvalue weighted by Gasteiger charge is -2.06. The number of amides is 1. The summed E-state index contributed by atoms with van der Waals surface area (Å²) in [7, 11) is -2.90. The van der Waals surface area contributed by atoms with Crippen molar-refractivity contribution in [2.24, 2.45) is 0 Å². The maximum Gasteiger partial charge on any atom is 0.236 e. The third kappa shape index (κ3) is 3.92. The van der Waals surface area contributed by atoms with E-state index in [2.05, 4.69) is 10.3 Å². The molecule has 1 fully saturated rings. The molecule has 2 aromatic rings. The number of carbonyl (C=O) groups excluding carboxylic acids is 1. The minimum Gasteiger partial charge on any atom is -0.301 e. The van der Waals surface area contributed by atoms with Crippen LogP contribution in [-0.2, 0) is 14.6 Å². The highest BCUT2D eigenvalue weighted by Gasteiger charge is 2.28. The summed E-state index contributed by atoms with van der Waals surface area (Å²) in [6, 6.07) is 5.37. The second-order valence-electron chi connectivity index (χ2n) is 5.02. The second kappa shape index (κ2) is 6.35. The number of hydrogen-bond acceptors (Lipinski definition) is 6. The van der Waals surface area contributed by atoms with Crippen molar-refractivity contribution in [3.05, 3.63) is 23.2 Å². The molecule has 118 valence electrons. The average molecular weight is 377 g/mol. The van der Waals surface area contributed by atoms with Gasteiger partial charge in [-0.25, -0.2) is 13.4 Å². The first kappa shape index (κ1) is 16.0. The first-order valence-corrected chi connectivity index (χ1v) is 10.7. The lowest BCUT2D eigenvalue weighted by Crippen LogP contribution is -2.17. The number of aromatic nitrogens is 1. The van der Waals surface area contributed by atoms with Gasteiger partial charge >= 0.3 is 0 Å². The zero-order chi connectivity index (χ0) is 15.7. The second-order valence-corrected chi connectivity index (χ2v) is 10.00. The van der Waals surface area contributed by atoms with Crippen LogP contribution in [0.15, 0.2) is 18.2 Å². The lowest BCUT2D eigenvalue weighted by molar-refractivity contribution is -0.113. The normalized spacial score (nSPS) is 20.3. The highest BCUT2D eigenvalue weighted by Crippen LogP contribution is 2.29. The molecular formula is C13H13ClN2O3S3. The molecular weight excluding hydrogens is 364 g/mol. The summed E-state index contributed by atoms with van der Waals surface area (Å²) < 4.78 is 23.7. The maximum atomic E-state index is 11.9. The molecule has 1 saturated heterocycles. The molecule has 0 bridgehead atoms. The molecule has 2 heterocycles. The molecule has 1 amide bonds. The summed E-state index contributed by atoms with van der Waals surface area (Å²) in [4.78, 5) is 16.3. The van der Waals surface area contributed by atoms with Crippen molar-refractivity contribution in [2.75, 3.05) is 22.6 Å². The number of hydrogen-bond donors (Lipinski definition) is 1. The minimum atomic E-state index is -2.90. The van der Waals surface area contributed by atoms with Crippen LogP contribution >= 0.6 is 34.7 Å². The molecule has 1 aliphatic rings. The van der Waals surface area contributed by atoms with E-state index in [1.807, 2.05) is 12.1 Å². The fraction of sp³-hybridized carbons (Fsp3) is 0.385. The van der Waals surface area contributed by atoms with Crippen LogP contribution in [-0.4, -0.2) is 41.8 Å². The van der Waals surface area contributed by atoms with Gasteiger partial charge in [0.05, 0.1) is 27.5 Å². The van der Waals surface area contributed by atoms with Crippen molar-refractivity contribution in [3.8, 4) is 0 Å². The van der Waals surface area contributed by atoms with Crippen molar-refractivity contribution in [3.63, 3.8) is 0 Å². The van der Waals surface area contributed by atoms with E-state index in [0.717, 1.165) is 10.2 Å². The molecule has 1 aliphatic heterocycles.